The van der Waals surface area contributed by atoms with Gasteiger partial charge in [-0.3, -0.25) is 4.79 Å². The predicted octanol–water partition coefficient (Wildman–Crippen LogP) is 2.18. The van der Waals surface area contributed by atoms with Crippen molar-refractivity contribution in [1.29, 1.82) is 0 Å². The third-order valence-electron chi connectivity index (χ3n) is 3.89. The molecule has 1 amide bonds. The van der Waals surface area contributed by atoms with Crippen LogP contribution in [0, 0.1) is 0 Å². The van der Waals surface area contributed by atoms with E-state index in [9.17, 15) is 4.79 Å². The molecule has 1 rings (SSSR count). The Labute approximate surface area is 117 Å². The summed E-state index contributed by atoms with van der Waals surface area (Å²) in [5.74, 6) is 0.297. The van der Waals surface area contributed by atoms with Gasteiger partial charge in [0, 0.05) is 39.2 Å². The number of carbonyl (C=O) groups is 1. The molecule has 0 aromatic carbocycles. The minimum atomic E-state index is -0.108. The molecule has 0 bridgehead atoms. The average molecular weight is 270 g/mol. The van der Waals surface area contributed by atoms with Gasteiger partial charge in [0.1, 0.15) is 0 Å². The molecule has 1 aliphatic rings. The summed E-state index contributed by atoms with van der Waals surface area (Å²) < 4.78 is 5.42. The number of nitrogens with zero attached hydrogens (tertiary/aromatic N) is 1. The number of hydrogen-bond acceptors (Lipinski definition) is 3. The second-order valence-corrected chi connectivity index (χ2v) is 6.21. The van der Waals surface area contributed by atoms with Crippen molar-refractivity contribution in [2.75, 3.05) is 26.7 Å². The van der Waals surface area contributed by atoms with Crippen LogP contribution in [0.4, 0.5) is 0 Å². The highest BCUT2D eigenvalue weighted by Gasteiger charge is 2.20. The highest BCUT2D eigenvalue weighted by molar-refractivity contribution is 5.76. The van der Waals surface area contributed by atoms with E-state index >= 15 is 0 Å². The van der Waals surface area contributed by atoms with E-state index in [4.69, 9.17) is 4.74 Å². The second kappa shape index (κ2) is 7.85. The summed E-state index contributed by atoms with van der Waals surface area (Å²) in [6.07, 6.45) is 5.15. The van der Waals surface area contributed by atoms with Crippen molar-refractivity contribution in [2.24, 2.45) is 0 Å². The lowest BCUT2D eigenvalue weighted by atomic mass is 10.00. The van der Waals surface area contributed by atoms with Crippen LogP contribution < -0.4 is 5.32 Å². The molecule has 0 aromatic rings. The first kappa shape index (κ1) is 16.4. The monoisotopic (exact) mass is 270 g/mol. The fourth-order valence-corrected chi connectivity index (χ4v) is 2.62. The number of amides is 1. The van der Waals surface area contributed by atoms with Gasteiger partial charge in [-0.25, -0.2) is 0 Å². The van der Waals surface area contributed by atoms with Gasteiger partial charge in [0.2, 0.25) is 5.91 Å². The molecule has 1 atom stereocenters. The van der Waals surface area contributed by atoms with Gasteiger partial charge >= 0.3 is 0 Å². The number of ether oxygens (including phenoxy) is 1. The molecular weight excluding hydrogens is 240 g/mol. The SMILES string of the molecule is COC(C)(C)CC(C)NCCC(=O)N1CCCCC1. The number of carbonyl (C=O) groups excluding carboxylic acids is 1. The molecule has 0 radical (unpaired) electrons. The molecule has 0 spiro atoms. The maximum atomic E-state index is 12.0. The number of nitrogens with one attached hydrogen (secondary N) is 1. The number of hydrogen-bond donors (Lipinski definition) is 1. The Balaban J connectivity index is 2.17. The fraction of sp³-hybridized carbons (Fsp3) is 0.933. The summed E-state index contributed by atoms with van der Waals surface area (Å²) in [7, 11) is 1.74. The summed E-state index contributed by atoms with van der Waals surface area (Å²) in [6.45, 7) is 8.98. The first-order chi connectivity index (χ1) is 8.94. The van der Waals surface area contributed by atoms with Gasteiger partial charge in [-0.15, -0.1) is 0 Å². The number of methoxy groups -OCH3 is 1. The molecule has 1 unspecified atom stereocenters. The standard InChI is InChI=1S/C15H30N2O2/c1-13(12-15(2,3)19-4)16-9-8-14(18)17-10-6-5-7-11-17/h13,16H,5-12H2,1-4H3. The topological polar surface area (TPSA) is 41.6 Å². The van der Waals surface area contributed by atoms with Crippen LogP contribution in [0.15, 0.2) is 0 Å². The Bertz CT molecular complexity index is 273. The first-order valence-electron chi connectivity index (χ1n) is 7.51. The normalized spacial score (nSPS) is 18.4. The van der Waals surface area contributed by atoms with E-state index in [0.29, 0.717) is 18.4 Å². The lowest BCUT2D eigenvalue weighted by Gasteiger charge is -2.28. The number of rotatable bonds is 7. The van der Waals surface area contributed by atoms with Crippen molar-refractivity contribution < 1.29 is 9.53 Å². The van der Waals surface area contributed by atoms with Crippen molar-refractivity contribution in [3.63, 3.8) is 0 Å². The molecule has 0 aliphatic carbocycles. The molecule has 112 valence electrons. The van der Waals surface area contributed by atoms with Crippen LogP contribution in [0.1, 0.15) is 52.9 Å². The summed E-state index contributed by atoms with van der Waals surface area (Å²) in [5, 5.41) is 3.42. The Hall–Kier alpha value is -0.610. The zero-order valence-corrected chi connectivity index (χ0v) is 13.0. The maximum absolute atomic E-state index is 12.0. The quantitative estimate of drug-likeness (QED) is 0.771. The van der Waals surface area contributed by atoms with Gasteiger partial charge in [0.05, 0.1) is 5.60 Å². The van der Waals surface area contributed by atoms with Crippen LogP contribution in [-0.4, -0.2) is 49.2 Å². The van der Waals surface area contributed by atoms with E-state index < -0.39 is 0 Å². The summed E-state index contributed by atoms with van der Waals surface area (Å²) in [6, 6.07) is 0.365. The molecule has 1 heterocycles. The maximum Gasteiger partial charge on any atom is 0.223 e. The minimum Gasteiger partial charge on any atom is -0.379 e. The van der Waals surface area contributed by atoms with E-state index in [1.54, 1.807) is 7.11 Å². The lowest BCUT2D eigenvalue weighted by molar-refractivity contribution is -0.132. The van der Waals surface area contributed by atoms with Crippen LogP contribution in [0.25, 0.3) is 0 Å². The van der Waals surface area contributed by atoms with Crippen LogP contribution in [0.5, 0.6) is 0 Å². The Morgan fingerprint density at radius 2 is 1.95 bits per heavy atom. The fourth-order valence-electron chi connectivity index (χ4n) is 2.62. The lowest BCUT2D eigenvalue weighted by Crippen LogP contribution is -2.40. The Kier molecular flexibility index (Phi) is 6.80. The third kappa shape index (κ3) is 6.39. The molecular formula is C15H30N2O2. The van der Waals surface area contributed by atoms with E-state index in [1.165, 1.54) is 6.42 Å². The van der Waals surface area contributed by atoms with Gasteiger partial charge in [-0.2, -0.15) is 0 Å². The van der Waals surface area contributed by atoms with Crippen molar-refractivity contribution in [2.45, 2.75) is 64.5 Å². The van der Waals surface area contributed by atoms with Crippen LogP contribution in [0.3, 0.4) is 0 Å². The zero-order valence-electron chi connectivity index (χ0n) is 13.0. The molecule has 4 nitrogen and oxygen atoms in total. The molecule has 19 heavy (non-hydrogen) atoms. The van der Waals surface area contributed by atoms with Gasteiger partial charge in [-0.05, 0) is 46.5 Å². The van der Waals surface area contributed by atoms with Gasteiger partial charge in [-0.1, -0.05) is 0 Å². The van der Waals surface area contributed by atoms with E-state index in [0.717, 1.165) is 38.9 Å². The average Bonchev–Trinajstić information content (AvgIpc) is 2.39. The van der Waals surface area contributed by atoms with E-state index in [1.807, 2.05) is 4.90 Å². The molecule has 0 saturated carbocycles. The van der Waals surface area contributed by atoms with Gasteiger partial charge < -0.3 is 15.0 Å². The molecule has 0 aromatic heterocycles. The minimum absolute atomic E-state index is 0.108. The van der Waals surface area contributed by atoms with E-state index in [-0.39, 0.29) is 5.60 Å². The zero-order chi connectivity index (χ0) is 14.3. The number of likely N-dealkylation sites (tertiary alicyclic amines) is 1. The van der Waals surface area contributed by atoms with E-state index in [2.05, 4.69) is 26.1 Å². The van der Waals surface area contributed by atoms with Gasteiger partial charge in [0.15, 0.2) is 0 Å². The smallest absolute Gasteiger partial charge is 0.223 e. The van der Waals surface area contributed by atoms with Gasteiger partial charge in [0.25, 0.3) is 0 Å². The predicted molar refractivity (Wildman–Crippen MR) is 78.2 cm³/mol. The summed E-state index contributed by atoms with van der Waals surface area (Å²) >= 11 is 0. The first-order valence-corrected chi connectivity index (χ1v) is 7.51. The third-order valence-corrected chi connectivity index (χ3v) is 3.89. The van der Waals surface area contributed by atoms with Crippen LogP contribution in [0.2, 0.25) is 0 Å². The second-order valence-electron chi connectivity index (χ2n) is 6.21. The Morgan fingerprint density at radius 3 is 2.53 bits per heavy atom. The molecule has 1 N–H and O–H groups in total. The number of piperidine rings is 1. The van der Waals surface area contributed by atoms with Crippen LogP contribution >= 0.6 is 0 Å². The van der Waals surface area contributed by atoms with Crippen molar-refractivity contribution in [3.8, 4) is 0 Å². The highest BCUT2D eigenvalue weighted by atomic mass is 16.5. The van der Waals surface area contributed by atoms with Crippen molar-refractivity contribution in [3.05, 3.63) is 0 Å². The molecule has 1 aliphatic heterocycles. The van der Waals surface area contributed by atoms with Crippen molar-refractivity contribution >= 4 is 5.91 Å². The van der Waals surface area contributed by atoms with Crippen LogP contribution in [-0.2, 0) is 9.53 Å². The molecule has 1 saturated heterocycles. The van der Waals surface area contributed by atoms with Crippen molar-refractivity contribution in [1.82, 2.24) is 10.2 Å². The summed E-state index contributed by atoms with van der Waals surface area (Å²) in [5.41, 5.74) is -0.108. The highest BCUT2D eigenvalue weighted by Crippen LogP contribution is 2.15. The molecule has 1 fully saturated rings. The molecule has 4 heteroatoms. The Morgan fingerprint density at radius 1 is 1.32 bits per heavy atom. The largest absolute Gasteiger partial charge is 0.379 e. The summed E-state index contributed by atoms with van der Waals surface area (Å²) in [4.78, 5) is 14.0.